The summed E-state index contributed by atoms with van der Waals surface area (Å²) in [6.07, 6.45) is -0.212. The fourth-order valence-corrected chi connectivity index (χ4v) is 1.69. The van der Waals surface area contributed by atoms with Gasteiger partial charge < -0.3 is 14.2 Å². The van der Waals surface area contributed by atoms with Crippen LogP contribution in [0.25, 0.3) is 0 Å². The molecule has 0 aromatic rings. The molecule has 2 atom stereocenters. The number of methoxy groups -OCH3 is 1. The first-order chi connectivity index (χ1) is 5.43. The number of hydrogen-bond donors (Lipinski definition) is 1. The number of esters is 1. The molecule has 0 aliphatic heterocycles. The van der Waals surface area contributed by atoms with Crippen molar-refractivity contribution in [2.45, 2.75) is 6.92 Å². The Kier molecular flexibility index (Phi) is 4.45. The molecule has 0 saturated carbocycles. The van der Waals surface area contributed by atoms with Crippen LogP contribution in [0.15, 0.2) is 0 Å². The van der Waals surface area contributed by atoms with Gasteiger partial charge in [-0.1, -0.05) is 6.92 Å². The van der Waals surface area contributed by atoms with Crippen molar-refractivity contribution in [2.24, 2.45) is 5.92 Å². The lowest BCUT2D eigenvalue weighted by atomic mass is 10.2. The Balaban J connectivity index is 4.09. The van der Waals surface area contributed by atoms with Gasteiger partial charge in [-0.25, -0.2) is 0 Å². The minimum Gasteiger partial charge on any atom is -0.469 e. The van der Waals surface area contributed by atoms with Crippen molar-refractivity contribution in [3.63, 3.8) is 0 Å². The van der Waals surface area contributed by atoms with Gasteiger partial charge in [0.15, 0.2) is 0 Å². The van der Waals surface area contributed by atoms with Gasteiger partial charge in [-0.3, -0.25) is 9.36 Å². The second kappa shape index (κ2) is 4.60. The second-order valence-electron chi connectivity index (χ2n) is 2.43. The molecule has 1 N–H and O–H groups in total. The number of rotatable bonds is 4. The van der Waals surface area contributed by atoms with E-state index in [4.69, 9.17) is 4.89 Å². The molecular weight excluding hydrogens is 183 g/mol. The smallest absolute Gasteiger partial charge is 0.328 e. The molecule has 0 spiro atoms. The van der Waals surface area contributed by atoms with Crippen LogP contribution in [0.2, 0.25) is 0 Å². The first kappa shape index (κ1) is 11.6. The first-order valence-electron chi connectivity index (χ1n) is 3.38. The van der Waals surface area contributed by atoms with Gasteiger partial charge in [0.05, 0.1) is 19.2 Å². The third kappa shape index (κ3) is 3.85. The zero-order chi connectivity index (χ0) is 9.78. The van der Waals surface area contributed by atoms with E-state index < -0.39 is 19.5 Å². The summed E-state index contributed by atoms with van der Waals surface area (Å²) in [4.78, 5) is 19.8. The normalized spacial score (nSPS) is 18.0. The summed E-state index contributed by atoms with van der Waals surface area (Å²) in [6.45, 7) is 1.51. The van der Waals surface area contributed by atoms with Crippen LogP contribution < -0.4 is 0 Å². The summed E-state index contributed by atoms with van der Waals surface area (Å²) in [7, 11) is -1.24. The lowest BCUT2D eigenvalue weighted by molar-refractivity contribution is -0.144. The van der Waals surface area contributed by atoms with Gasteiger partial charge in [0.25, 0.3) is 0 Å². The molecule has 0 fully saturated rings. The van der Waals surface area contributed by atoms with Crippen molar-refractivity contribution in [1.82, 2.24) is 0 Å². The first-order valence-corrected chi connectivity index (χ1v) is 5.14. The highest BCUT2D eigenvalue weighted by atomic mass is 31.2. The monoisotopic (exact) mass is 196 g/mol. The van der Waals surface area contributed by atoms with Crippen LogP contribution in [-0.4, -0.2) is 31.2 Å². The summed E-state index contributed by atoms with van der Waals surface area (Å²) in [5.41, 5.74) is 0. The van der Waals surface area contributed by atoms with Crippen LogP contribution in [0, 0.1) is 5.92 Å². The molecule has 0 radical (unpaired) electrons. The summed E-state index contributed by atoms with van der Waals surface area (Å²) in [5.74, 6) is -1.13. The maximum atomic E-state index is 10.9. The molecular formula is C6H13O5P. The fraction of sp³-hybridized carbons (Fsp3) is 0.833. The Bertz CT molecular complexity index is 202. The lowest BCUT2D eigenvalue weighted by Crippen LogP contribution is -2.16. The van der Waals surface area contributed by atoms with Crippen LogP contribution in [0.1, 0.15) is 6.92 Å². The molecule has 0 aromatic carbocycles. The van der Waals surface area contributed by atoms with Crippen molar-refractivity contribution in [1.29, 1.82) is 0 Å². The predicted octanol–water partition coefficient (Wildman–Crippen LogP) is 0.627. The van der Waals surface area contributed by atoms with Gasteiger partial charge in [0, 0.05) is 7.11 Å². The van der Waals surface area contributed by atoms with Gasteiger partial charge in [-0.15, -0.1) is 0 Å². The summed E-state index contributed by atoms with van der Waals surface area (Å²) < 4.78 is 19.6. The third-order valence-corrected chi connectivity index (χ3v) is 2.97. The number of carbonyl (C=O) groups is 1. The lowest BCUT2D eigenvalue weighted by Gasteiger charge is -2.12. The molecule has 6 heteroatoms. The van der Waals surface area contributed by atoms with E-state index in [1.807, 2.05) is 0 Å². The van der Waals surface area contributed by atoms with Crippen molar-refractivity contribution in [3.05, 3.63) is 0 Å². The van der Waals surface area contributed by atoms with E-state index in [9.17, 15) is 9.36 Å². The van der Waals surface area contributed by atoms with Gasteiger partial charge in [-0.2, -0.15) is 0 Å². The summed E-state index contributed by atoms with van der Waals surface area (Å²) in [6, 6.07) is 0. The van der Waals surface area contributed by atoms with E-state index in [0.717, 1.165) is 7.11 Å². The molecule has 0 rings (SSSR count). The highest BCUT2D eigenvalue weighted by Crippen LogP contribution is 2.42. The van der Waals surface area contributed by atoms with Crippen LogP contribution in [-0.2, 0) is 18.6 Å². The molecule has 0 heterocycles. The van der Waals surface area contributed by atoms with Crippen molar-refractivity contribution in [3.8, 4) is 0 Å². The summed E-state index contributed by atoms with van der Waals surface area (Å²) >= 11 is 0. The van der Waals surface area contributed by atoms with E-state index in [0.29, 0.717) is 0 Å². The standard InChI is InChI=1S/C6H13O5P/c1-5(6(7)10-2)4-12(8,9)11-3/h5H,4H2,1-3H3,(H,8,9). The maximum absolute atomic E-state index is 10.9. The van der Waals surface area contributed by atoms with Crippen molar-refractivity contribution < 1.29 is 23.5 Å². The van der Waals surface area contributed by atoms with Gasteiger partial charge >= 0.3 is 13.6 Å². The molecule has 0 amide bonds. The minimum atomic E-state index is -3.60. The Morgan fingerprint density at radius 1 is 1.58 bits per heavy atom. The van der Waals surface area contributed by atoms with Crippen molar-refractivity contribution >= 4 is 13.6 Å². The molecule has 0 aliphatic carbocycles. The van der Waals surface area contributed by atoms with Gasteiger partial charge in [-0.05, 0) is 0 Å². The number of carbonyl (C=O) groups excluding carboxylic acids is 1. The Morgan fingerprint density at radius 2 is 2.08 bits per heavy atom. The molecule has 0 aliphatic rings. The van der Waals surface area contributed by atoms with Crippen molar-refractivity contribution in [2.75, 3.05) is 20.4 Å². The highest BCUT2D eigenvalue weighted by molar-refractivity contribution is 7.52. The molecule has 72 valence electrons. The van der Waals surface area contributed by atoms with Crippen LogP contribution >= 0.6 is 7.60 Å². The minimum absolute atomic E-state index is 0.212. The number of ether oxygens (including phenoxy) is 1. The van der Waals surface area contributed by atoms with Gasteiger partial charge in [0.2, 0.25) is 0 Å². The highest BCUT2D eigenvalue weighted by Gasteiger charge is 2.25. The number of hydrogen-bond acceptors (Lipinski definition) is 4. The van der Waals surface area contributed by atoms with Crippen LogP contribution in [0.5, 0.6) is 0 Å². The average Bonchev–Trinajstić information content (AvgIpc) is 2.02. The Labute approximate surface area is 71.2 Å². The molecule has 0 bridgehead atoms. The van der Waals surface area contributed by atoms with Gasteiger partial charge in [0.1, 0.15) is 0 Å². The Morgan fingerprint density at radius 3 is 2.42 bits per heavy atom. The Hall–Kier alpha value is -0.380. The summed E-state index contributed by atoms with van der Waals surface area (Å²) in [5, 5.41) is 0. The molecule has 12 heavy (non-hydrogen) atoms. The van der Waals surface area contributed by atoms with E-state index in [1.54, 1.807) is 0 Å². The van der Waals surface area contributed by atoms with E-state index >= 15 is 0 Å². The molecule has 5 nitrogen and oxygen atoms in total. The molecule has 0 aromatic heterocycles. The predicted molar refractivity (Wildman–Crippen MR) is 42.9 cm³/mol. The quantitative estimate of drug-likeness (QED) is 0.527. The van der Waals surface area contributed by atoms with E-state index in [2.05, 4.69) is 9.26 Å². The zero-order valence-electron chi connectivity index (χ0n) is 7.31. The van der Waals surface area contributed by atoms with Crippen LogP contribution in [0.4, 0.5) is 0 Å². The topological polar surface area (TPSA) is 72.8 Å². The second-order valence-corrected chi connectivity index (χ2v) is 4.43. The maximum Gasteiger partial charge on any atom is 0.328 e. The fourth-order valence-electron chi connectivity index (χ4n) is 0.696. The zero-order valence-corrected chi connectivity index (χ0v) is 8.21. The molecule has 2 unspecified atom stereocenters. The SMILES string of the molecule is COC(=O)C(C)CP(=O)(O)OC. The van der Waals surface area contributed by atoms with E-state index in [-0.39, 0.29) is 6.16 Å². The molecule has 0 saturated heterocycles. The third-order valence-electron chi connectivity index (χ3n) is 1.39. The largest absolute Gasteiger partial charge is 0.469 e. The average molecular weight is 196 g/mol. The van der Waals surface area contributed by atoms with E-state index in [1.165, 1.54) is 14.0 Å². The van der Waals surface area contributed by atoms with Crippen LogP contribution in [0.3, 0.4) is 0 Å².